The summed E-state index contributed by atoms with van der Waals surface area (Å²) in [6, 6.07) is 22.7. The first kappa shape index (κ1) is 19.0. The Bertz CT molecular complexity index is 1380. The number of benzene rings is 4. The molecule has 33 heavy (non-hydrogen) atoms. The molecule has 0 saturated carbocycles. The standard InChI is InChI=1S/C31H28N2/c1-18-24-17-25-19(2)31-23(14-21-10-6-8-12-29(21)33(31)4)16-27(25)26(24)15-22-13-20-9-5-7-11-28(20)32(3)30(18)22/h5-12,15-16H,13-14,17H2,1-4H3. The van der Waals surface area contributed by atoms with Crippen LogP contribution in [0.3, 0.4) is 0 Å². The van der Waals surface area contributed by atoms with Gasteiger partial charge in [-0.3, -0.25) is 0 Å². The average molecular weight is 429 g/mol. The predicted molar refractivity (Wildman–Crippen MR) is 139 cm³/mol. The minimum Gasteiger partial charge on any atom is -0.344 e. The van der Waals surface area contributed by atoms with Crippen molar-refractivity contribution in [2.75, 3.05) is 23.9 Å². The zero-order valence-electron chi connectivity index (χ0n) is 19.8. The highest BCUT2D eigenvalue weighted by Crippen LogP contribution is 2.51. The zero-order chi connectivity index (χ0) is 22.4. The molecule has 0 spiro atoms. The van der Waals surface area contributed by atoms with Gasteiger partial charge in [0.25, 0.3) is 0 Å². The molecule has 0 amide bonds. The first-order valence-corrected chi connectivity index (χ1v) is 12.0. The fourth-order valence-electron chi connectivity index (χ4n) is 6.77. The summed E-state index contributed by atoms with van der Waals surface area (Å²) in [5.41, 5.74) is 20.1. The Morgan fingerprint density at radius 3 is 1.42 bits per heavy atom. The van der Waals surface area contributed by atoms with Gasteiger partial charge < -0.3 is 9.80 Å². The Hall–Kier alpha value is -3.52. The molecular formula is C31H28N2. The molecule has 4 aromatic rings. The van der Waals surface area contributed by atoms with Crippen molar-refractivity contribution in [2.45, 2.75) is 33.1 Å². The lowest BCUT2D eigenvalue weighted by atomic mass is 9.87. The number of anilines is 4. The largest absolute Gasteiger partial charge is 0.344 e. The van der Waals surface area contributed by atoms with E-state index in [2.05, 4.69) is 98.4 Å². The van der Waals surface area contributed by atoms with Crippen molar-refractivity contribution in [1.82, 2.24) is 0 Å². The number of rotatable bonds is 0. The third-order valence-electron chi connectivity index (χ3n) is 8.29. The third-order valence-corrected chi connectivity index (χ3v) is 8.29. The average Bonchev–Trinajstić information content (AvgIpc) is 3.18. The van der Waals surface area contributed by atoms with Crippen molar-refractivity contribution in [2.24, 2.45) is 0 Å². The third kappa shape index (κ3) is 2.44. The van der Waals surface area contributed by atoms with Crippen LogP contribution in [0.2, 0.25) is 0 Å². The molecule has 0 atom stereocenters. The molecule has 1 aliphatic carbocycles. The fraction of sp³-hybridized carbons (Fsp3) is 0.226. The second-order valence-electron chi connectivity index (χ2n) is 9.98. The summed E-state index contributed by atoms with van der Waals surface area (Å²) in [5.74, 6) is 0. The molecule has 3 aliphatic rings. The maximum Gasteiger partial charge on any atom is 0.0477 e. The van der Waals surface area contributed by atoms with E-state index in [1.54, 1.807) is 0 Å². The van der Waals surface area contributed by atoms with E-state index in [9.17, 15) is 0 Å². The lowest BCUT2D eigenvalue weighted by Crippen LogP contribution is -2.20. The van der Waals surface area contributed by atoms with Gasteiger partial charge in [0.2, 0.25) is 0 Å². The highest BCUT2D eigenvalue weighted by molar-refractivity contribution is 5.90. The van der Waals surface area contributed by atoms with Crippen LogP contribution in [0.1, 0.15) is 44.5 Å². The van der Waals surface area contributed by atoms with Crippen molar-refractivity contribution in [3.8, 4) is 11.1 Å². The van der Waals surface area contributed by atoms with E-state index in [-0.39, 0.29) is 0 Å². The molecule has 0 N–H and O–H groups in total. The van der Waals surface area contributed by atoms with Gasteiger partial charge in [0.1, 0.15) is 0 Å². The summed E-state index contributed by atoms with van der Waals surface area (Å²) in [6.07, 6.45) is 3.06. The fourth-order valence-corrected chi connectivity index (χ4v) is 6.77. The smallest absolute Gasteiger partial charge is 0.0477 e. The summed E-state index contributed by atoms with van der Waals surface area (Å²) in [6.45, 7) is 4.68. The van der Waals surface area contributed by atoms with E-state index in [4.69, 9.17) is 0 Å². The molecule has 0 fully saturated rings. The summed E-state index contributed by atoms with van der Waals surface area (Å²) in [7, 11) is 4.46. The van der Waals surface area contributed by atoms with E-state index in [0.29, 0.717) is 0 Å². The van der Waals surface area contributed by atoms with Gasteiger partial charge in [-0.05, 0) is 100 Å². The van der Waals surface area contributed by atoms with Crippen LogP contribution in [-0.2, 0) is 19.3 Å². The first-order chi connectivity index (χ1) is 16.0. The molecule has 2 heteroatoms. The molecule has 7 rings (SSSR count). The van der Waals surface area contributed by atoms with Crippen LogP contribution >= 0.6 is 0 Å². The number of hydrogen-bond acceptors (Lipinski definition) is 2. The van der Waals surface area contributed by atoms with Crippen LogP contribution in [0.15, 0.2) is 60.7 Å². The van der Waals surface area contributed by atoms with E-state index in [1.165, 1.54) is 78.4 Å². The Balaban J connectivity index is 1.42. The van der Waals surface area contributed by atoms with Gasteiger partial charge in [-0.15, -0.1) is 0 Å². The Labute approximate surface area is 196 Å². The Morgan fingerprint density at radius 1 is 0.545 bits per heavy atom. The van der Waals surface area contributed by atoms with Gasteiger partial charge in [-0.25, -0.2) is 0 Å². The Morgan fingerprint density at radius 2 is 0.970 bits per heavy atom. The van der Waals surface area contributed by atoms with Crippen LogP contribution in [0.5, 0.6) is 0 Å². The zero-order valence-corrected chi connectivity index (χ0v) is 19.8. The number of hydrogen-bond donors (Lipinski definition) is 0. The van der Waals surface area contributed by atoms with Crippen molar-refractivity contribution < 1.29 is 0 Å². The van der Waals surface area contributed by atoms with Gasteiger partial charge in [-0.2, -0.15) is 0 Å². The first-order valence-electron chi connectivity index (χ1n) is 12.0. The molecular weight excluding hydrogens is 400 g/mol. The number of nitrogens with zero attached hydrogens (tertiary/aromatic N) is 2. The quantitative estimate of drug-likeness (QED) is 0.257. The van der Waals surface area contributed by atoms with Gasteiger partial charge in [0, 0.05) is 49.7 Å². The maximum absolute atomic E-state index is 2.50. The molecule has 162 valence electrons. The molecule has 2 aliphatic heterocycles. The summed E-state index contributed by atoms with van der Waals surface area (Å²) >= 11 is 0. The number of para-hydroxylation sites is 2. The van der Waals surface area contributed by atoms with Gasteiger partial charge in [0.05, 0.1) is 0 Å². The summed E-state index contributed by atoms with van der Waals surface area (Å²) in [4.78, 5) is 4.82. The van der Waals surface area contributed by atoms with Crippen LogP contribution in [0.4, 0.5) is 22.7 Å². The van der Waals surface area contributed by atoms with E-state index < -0.39 is 0 Å². The monoisotopic (exact) mass is 428 g/mol. The minimum atomic E-state index is 1.01. The normalized spacial score (nSPS) is 14.8. The van der Waals surface area contributed by atoms with Crippen LogP contribution < -0.4 is 9.80 Å². The van der Waals surface area contributed by atoms with Gasteiger partial charge in [0.15, 0.2) is 0 Å². The molecule has 0 unspecified atom stereocenters. The highest BCUT2D eigenvalue weighted by atomic mass is 15.1. The lowest BCUT2D eigenvalue weighted by Gasteiger charge is -2.33. The van der Waals surface area contributed by atoms with Crippen LogP contribution in [-0.4, -0.2) is 14.1 Å². The molecule has 2 nitrogen and oxygen atoms in total. The number of fused-ring (bicyclic) bond motifs is 7. The Kier molecular flexibility index (Phi) is 3.75. The molecule has 0 saturated heterocycles. The van der Waals surface area contributed by atoms with E-state index >= 15 is 0 Å². The lowest BCUT2D eigenvalue weighted by molar-refractivity contribution is 1.03. The van der Waals surface area contributed by atoms with Gasteiger partial charge in [-0.1, -0.05) is 36.4 Å². The SMILES string of the molecule is Cc1c2c(cc3c1N(C)c1ccccc1C3)-c1cc3c(c(C)c1C2)N(C)c1ccccc1C3. The summed E-state index contributed by atoms with van der Waals surface area (Å²) in [5, 5.41) is 0. The molecule has 4 aromatic carbocycles. The van der Waals surface area contributed by atoms with Crippen LogP contribution in [0, 0.1) is 13.8 Å². The van der Waals surface area contributed by atoms with Crippen molar-refractivity contribution >= 4 is 22.7 Å². The second kappa shape index (κ2) is 6.51. The summed E-state index contributed by atoms with van der Waals surface area (Å²) < 4.78 is 0. The van der Waals surface area contributed by atoms with Crippen molar-refractivity contribution in [1.29, 1.82) is 0 Å². The van der Waals surface area contributed by atoms with E-state index in [0.717, 1.165) is 19.3 Å². The van der Waals surface area contributed by atoms with Crippen molar-refractivity contribution in [3.63, 3.8) is 0 Å². The second-order valence-corrected chi connectivity index (χ2v) is 9.98. The molecule has 0 aromatic heterocycles. The maximum atomic E-state index is 2.50. The van der Waals surface area contributed by atoms with Gasteiger partial charge >= 0.3 is 0 Å². The minimum absolute atomic E-state index is 1.01. The van der Waals surface area contributed by atoms with Crippen molar-refractivity contribution in [3.05, 3.63) is 105 Å². The van der Waals surface area contributed by atoms with E-state index in [1.807, 2.05) is 0 Å². The molecule has 0 radical (unpaired) electrons. The predicted octanol–water partition coefficient (Wildman–Crippen LogP) is 7.22. The topological polar surface area (TPSA) is 6.48 Å². The van der Waals surface area contributed by atoms with Crippen LogP contribution in [0.25, 0.3) is 11.1 Å². The molecule has 0 bridgehead atoms. The highest BCUT2D eigenvalue weighted by Gasteiger charge is 2.32. The molecule has 2 heterocycles.